The molecule has 0 aliphatic rings. The Labute approximate surface area is 260 Å². The van der Waals surface area contributed by atoms with E-state index >= 15 is 0 Å². The first kappa shape index (κ1) is 25.4. The van der Waals surface area contributed by atoms with Crippen LogP contribution in [0.15, 0.2) is 173 Å². The van der Waals surface area contributed by atoms with Crippen LogP contribution in [0.4, 0.5) is 17.1 Å². The highest BCUT2D eigenvalue weighted by Crippen LogP contribution is 2.45. The fourth-order valence-corrected chi connectivity index (χ4v) is 6.49. The molecular formula is C42H27NO2. The van der Waals surface area contributed by atoms with Crippen LogP contribution in [-0.2, 0) is 0 Å². The molecule has 0 aliphatic carbocycles. The van der Waals surface area contributed by atoms with Crippen molar-refractivity contribution < 1.29 is 8.83 Å². The van der Waals surface area contributed by atoms with Crippen LogP contribution in [-0.4, -0.2) is 0 Å². The number of fused-ring (bicyclic) bond motifs is 7. The summed E-state index contributed by atoms with van der Waals surface area (Å²) >= 11 is 0. The average molecular weight is 578 g/mol. The molecule has 0 saturated carbocycles. The molecule has 0 amide bonds. The second kappa shape index (κ2) is 10.3. The van der Waals surface area contributed by atoms with Crippen LogP contribution in [0, 0.1) is 0 Å². The Morgan fingerprint density at radius 1 is 0.311 bits per heavy atom. The van der Waals surface area contributed by atoms with Crippen LogP contribution in [0.5, 0.6) is 0 Å². The molecule has 3 nitrogen and oxygen atoms in total. The Kier molecular flexibility index (Phi) is 5.82. The van der Waals surface area contributed by atoms with E-state index in [0.717, 1.165) is 60.9 Å². The van der Waals surface area contributed by atoms with Gasteiger partial charge in [-0.15, -0.1) is 0 Å². The SMILES string of the molecule is c1ccc(-c2ccc(N(c3ccc(-c4ccccc4)cc3)c3cccc4c3oc3c4ccc4c5ccccc5oc43)cc2)cc1. The smallest absolute Gasteiger partial charge is 0.178 e. The molecule has 2 heterocycles. The van der Waals surface area contributed by atoms with Gasteiger partial charge in [0.05, 0.1) is 5.69 Å². The molecule has 0 unspecified atom stereocenters. The Balaban J connectivity index is 1.24. The van der Waals surface area contributed by atoms with Gasteiger partial charge in [0, 0.05) is 32.9 Å². The van der Waals surface area contributed by atoms with Gasteiger partial charge in [-0.1, -0.05) is 115 Å². The van der Waals surface area contributed by atoms with Crippen LogP contribution >= 0.6 is 0 Å². The average Bonchev–Trinajstić information content (AvgIpc) is 3.69. The summed E-state index contributed by atoms with van der Waals surface area (Å²) in [7, 11) is 0. The highest BCUT2D eigenvalue weighted by molar-refractivity contribution is 6.20. The molecule has 0 fully saturated rings. The molecule has 7 aromatic carbocycles. The predicted octanol–water partition coefficient (Wildman–Crippen LogP) is 12.3. The molecule has 0 N–H and O–H groups in total. The Morgan fingerprint density at radius 3 is 1.40 bits per heavy atom. The predicted molar refractivity (Wildman–Crippen MR) is 187 cm³/mol. The van der Waals surface area contributed by atoms with Crippen LogP contribution < -0.4 is 4.90 Å². The molecule has 0 aliphatic heterocycles. The largest absolute Gasteiger partial charge is 0.452 e. The number of furan rings is 2. The molecular weight excluding hydrogens is 550 g/mol. The summed E-state index contributed by atoms with van der Waals surface area (Å²) in [6, 6.07) is 57.3. The van der Waals surface area contributed by atoms with Crippen molar-refractivity contribution in [2.45, 2.75) is 0 Å². The van der Waals surface area contributed by atoms with E-state index in [2.05, 4.69) is 138 Å². The molecule has 9 rings (SSSR count). The molecule has 2 aromatic heterocycles. The van der Waals surface area contributed by atoms with Crippen LogP contribution in [0.2, 0.25) is 0 Å². The van der Waals surface area contributed by atoms with Crippen LogP contribution in [0.25, 0.3) is 66.1 Å². The van der Waals surface area contributed by atoms with E-state index in [1.165, 1.54) is 22.3 Å². The molecule has 3 heteroatoms. The lowest BCUT2D eigenvalue weighted by Gasteiger charge is -2.26. The van der Waals surface area contributed by atoms with Crippen molar-refractivity contribution in [2.75, 3.05) is 4.90 Å². The summed E-state index contributed by atoms with van der Waals surface area (Å²) in [5, 5.41) is 4.24. The topological polar surface area (TPSA) is 29.5 Å². The van der Waals surface area contributed by atoms with Gasteiger partial charge in [0.1, 0.15) is 5.58 Å². The van der Waals surface area contributed by atoms with Gasteiger partial charge >= 0.3 is 0 Å². The van der Waals surface area contributed by atoms with Crippen LogP contribution in [0.3, 0.4) is 0 Å². The molecule has 212 valence electrons. The summed E-state index contributed by atoms with van der Waals surface area (Å²) < 4.78 is 13.2. The standard InChI is InChI=1S/C42H27NO2/c1-3-10-28(11-4-1)30-18-22-32(23-19-30)43(33-24-20-31(21-25-33)29-12-5-2-6-13-29)38-16-9-15-35-37-27-26-36-34-14-7-8-17-39(34)44-41(36)42(37)45-40(35)38/h1-27H. The quantitative estimate of drug-likeness (QED) is 0.204. The third-order valence-electron chi connectivity index (χ3n) is 8.70. The molecule has 0 bridgehead atoms. The normalized spacial score (nSPS) is 11.6. The van der Waals surface area contributed by atoms with Crippen molar-refractivity contribution in [3.05, 3.63) is 164 Å². The zero-order chi connectivity index (χ0) is 29.7. The van der Waals surface area contributed by atoms with Gasteiger partial charge in [-0.2, -0.15) is 0 Å². The minimum atomic E-state index is 0.768. The first-order valence-electron chi connectivity index (χ1n) is 15.2. The molecule has 0 atom stereocenters. The Bertz CT molecular complexity index is 2370. The van der Waals surface area contributed by atoms with Gasteiger partial charge in [-0.3, -0.25) is 0 Å². The second-order valence-corrected chi connectivity index (χ2v) is 11.3. The fraction of sp³-hybridized carbons (Fsp3) is 0. The summed E-state index contributed by atoms with van der Waals surface area (Å²) in [4.78, 5) is 2.28. The van der Waals surface area contributed by atoms with E-state index < -0.39 is 0 Å². The minimum Gasteiger partial charge on any atom is -0.452 e. The van der Waals surface area contributed by atoms with E-state index in [1.807, 2.05) is 30.3 Å². The molecule has 45 heavy (non-hydrogen) atoms. The zero-order valence-electron chi connectivity index (χ0n) is 24.4. The first-order valence-corrected chi connectivity index (χ1v) is 15.2. The minimum absolute atomic E-state index is 0.768. The van der Waals surface area contributed by atoms with E-state index in [-0.39, 0.29) is 0 Å². The van der Waals surface area contributed by atoms with Crippen LogP contribution in [0.1, 0.15) is 0 Å². The monoisotopic (exact) mass is 577 g/mol. The maximum absolute atomic E-state index is 6.80. The van der Waals surface area contributed by atoms with Crippen molar-refractivity contribution in [1.29, 1.82) is 0 Å². The number of benzene rings is 7. The lowest BCUT2D eigenvalue weighted by atomic mass is 10.0. The van der Waals surface area contributed by atoms with Crippen molar-refractivity contribution in [1.82, 2.24) is 0 Å². The third-order valence-corrected chi connectivity index (χ3v) is 8.70. The van der Waals surface area contributed by atoms with Gasteiger partial charge in [-0.25, -0.2) is 0 Å². The van der Waals surface area contributed by atoms with Crippen molar-refractivity contribution in [3.63, 3.8) is 0 Å². The van der Waals surface area contributed by atoms with Crippen molar-refractivity contribution in [2.24, 2.45) is 0 Å². The van der Waals surface area contributed by atoms with E-state index in [4.69, 9.17) is 8.83 Å². The zero-order valence-corrected chi connectivity index (χ0v) is 24.4. The van der Waals surface area contributed by atoms with Gasteiger partial charge in [0.25, 0.3) is 0 Å². The number of anilines is 3. The number of rotatable bonds is 5. The Morgan fingerprint density at radius 2 is 0.778 bits per heavy atom. The summed E-state index contributed by atoms with van der Waals surface area (Å²) in [5.41, 5.74) is 11.0. The number of nitrogens with zero attached hydrogens (tertiary/aromatic N) is 1. The van der Waals surface area contributed by atoms with Gasteiger partial charge < -0.3 is 13.7 Å². The fourth-order valence-electron chi connectivity index (χ4n) is 6.49. The molecule has 0 radical (unpaired) electrons. The number of para-hydroxylation sites is 2. The molecule has 0 spiro atoms. The van der Waals surface area contributed by atoms with E-state index in [1.54, 1.807) is 0 Å². The summed E-state index contributed by atoms with van der Waals surface area (Å²) in [6.07, 6.45) is 0. The highest BCUT2D eigenvalue weighted by atomic mass is 16.4. The molecule has 0 saturated heterocycles. The first-order chi connectivity index (χ1) is 22.3. The summed E-state index contributed by atoms with van der Waals surface area (Å²) in [6.45, 7) is 0. The Hall–Kier alpha value is -6.06. The van der Waals surface area contributed by atoms with Gasteiger partial charge in [0.15, 0.2) is 16.7 Å². The highest BCUT2D eigenvalue weighted by Gasteiger charge is 2.22. The molecule has 9 aromatic rings. The lowest BCUT2D eigenvalue weighted by Crippen LogP contribution is -2.10. The number of hydrogen-bond donors (Lipinski definition) is 0. The maximum atomic E-state index is 6.80. The van der Waals surface area contributed by atoms with Crippen molar-refractivity contribution in [3.8, 4) is 22.3 Å². The maximum Gasteiger partial charge on any atom is 0.178 e. The van der Waals surface area contributed by atoms with Gasteiger partial charge in [-0.05, 0) is 70.8 Å². The summed E-state index contributed by atoms with van der Waals surface area (Å²) in [5.74, 6) is 0. The second-order valence-electron chi connectivity index (χ2n) is 11.3. The van der Waals surface area contributed by atoms with Gasteiger partial charge in [0.2, 0.25) is 0 Å². The number of hydrogen-bond acceptors (Lipinski definition) is 3. The lowest BCUT2D eigenvalue weighted by molar-refractivity contribution is 0.633. The van der Waals surface area contributed by atoms with Crippen molar-refractivity contribution >= 4 is 60.9 Å². The van der Waals surface area contributed by atoms with E-state index in [0.29, 0.717) is 0 Å². The van der Waals surface area contributed by atoms with E-state index in [9.17, 15) is 0 Å². The third kappa shape index (κ3) is 4.21.